The van der Waals surface area contributed by atoms with E-state index in [1.165, 1.54) is 0 Å². The number of benzene rings is 10. The van der Waals surface area contributed by atoms with E-state index in [0.29, 0.717) is 26.2 Å². The first-order chi connectivity index (χ1) is 46.8. The van der Waals surface area contributed by atoms with E-state index in [9.17, 15) is 20.4 Å². The summed E-state index contributed by atoms with van der Waals surface area (Å²) in [4.78, 5) is 9.09. The van der Waals surface area contributed by atoms with Crippen LogP contribution in [0, 0.1) is 13.8 Å². The minimum Gasteiger partial charge on any atom is -0.872 e. The predicted molar refractivity (Wildman–Crippen MR) is 374 cm³/mol. The Labute approximate surface area is 592 Å². The Morgan fingerprint density at radius 3 is 0.711 bits per heavy atom. The van der Waals surface area contributed by atoms with E-state index < -0.39 is 22.4 Å². The third-order valence-corrected chi connectivity index (χ3v) is 21.3. The van der Waals surface area contributed by atoms with Crippen molar-refractivity contribution in [2.24, 2.45) is 0 Å². The van der Waals surface area contributed by atoms with Crippen molar-refractivity contribution in [3.05, 3.63) is 345 Å². The summed E-state index contributed by atoms with van der Waals surface area (Å²) in [6, 6.07) is 85.6. The molecule has 14 rings (SSSR count). The maximum atomic E-state index is 15.2. The molecule has 4 heterocycles. The van der Waals surface area contributed by atoms with Crippen LogP contribution in [0.1, 0.15) is 129 Å². The van der Waals surface area contributed by atoms with Crippen molar-refractivity contribution in [2.75, 3.05) is 26.2 Å². The summed E-state index contributed by atoms with van der Waals surface area (Å²) in [6.07, 6.45) is 6.90. The average molecular weight is 1450 g/mol. The van der Waals surface area contributed by atoms with Crippen molar-refractivity contribution >= 4 is 0 Å². The molecule has 0 aromatic heterocycles. The van der Waals surface area contributed by atoms with Crippen LogP contribution in [0.25, 0.3) is 0 Å². The van der Waals surface area contributed by atoms with Gasteiger partial charge in [0.05, 0.1) is 0 Å². The zero-order valence-corrected chi connectivity index (χ0v) is 59.4. The summed E-state index contributed by atoms with van der Waals surface area (Å²) in [6.45, 7) is 9.03. The van der Waals surface area contributed by atoms with E-state index in [-0.39, 0.29) is 61.5 Å². The molecule has 4 aliphatic rings. The van der Waals surface area contributed by atoms with Gasteiger partial charge in [0.15, 0.2) is 0 Å². The first-order valence-electron chi connectivity index (χ1n) is 34.6. The second-order valence-electron chi connectivity index (χ2n) is 27.3. The summed E-state index contributed by atoms with van der Waals surface area (Å²) in [5.41, 5.74) is 6.12. The van der Waals surface area contributed by atoms with Crippen molar-refractivity contribution in [2.45, 2.75) is 138 Å². The van der Waals surface area contributed by atoms with Crippen LogP contribution < -0.4 is 20.4 Å². The van der Waals surface area contributed by atoms with E-state index >= 15 is 10.2 Å². The third kappa shape index (κ3) is 14.1. The Bertz CT molecular complexity index is 3450. The molecule has 2 N–H and O–H groups in total. The van der Waals surface area contributed by atoms with Gasteiger partial charge in [0.25, 0.3) is 0 Å². The molecule has 10 aromatic rings. The molecule has 0 amide bonds. The summed E-state index contributed by atoms with van der Waals surface area (Å²) in [5.74, 6) is 0.0755. The number of nitrogens with zero attached hydrogens (tertiary/aromatic N) is 4. The molecule has 0 spiro atoms. The van der Waals surface area contributed by atoms with Gasteiger partial charge in [0, 0.05) is 50.3 Å². The fourth-order valence-corrected chi connectivity index (χ4v) is 16.8. The van der Waals surface area contributed by atoms with E-state index in [4.69, 9.17) is 0 Å². The van der Waals surface area contributed by atoms with Crippen molar-refractivity contribution in [1.29, 1.82) is 0 Å². The Balaban J connectivity index is 0.000000183. The quantitative estimate of drug-likeness (QED) is 0.0707. The molecule has 11 heteroatoms. The number of hydrogen-bond donors (Lipinski definition) is 2. The van der Waals surface area contributed by atoms with Crippen LogP contribution in [-0.2, 0) is 74.4 Å². The van der Waals surface area contributed by atoms with Crippen LogP contribution in [0.3, 0.4) is 0 Å². The Morgan fingerprint density at radius 2 is 0.495 bits per heavy atom. The van der Waals surface area contributed by atoms with Crippen LogP contribution in [0.15, 0.2) is 267 Å². The van der Waals surface area contributed by atoms with Gasteiger partial charge in [-0.05, 0) is 147 Å². The zero-order chi connectivity index (χ0) is 66.3. The van der Waals surface area contributed by atoms with Crippen LogP contribution in [0.5, 0.6) is 11.5 Å². The minimum absolute atomic E-state index is 0. The van der Waals surface area contributed by atoms with Crippen LogP contribution >= 0.6 is 0 Å². The van der Waals surface area contributed by atoms with Crippen LogP contribution in [-0.4, -0.2) is 80.2 Å². The first-order valence-corrected chi connectivity index (χ1v) is 34.6. The van der Waals surface area contributed by atoms with Gasteiger partial charge in [-0.25, -0.2) is 0 Å². The fraction of sp³-hybridized carbons (Fsp3) is 0.302. The Hall–Kier alpha value is -7.65. The normalized spacial score (nSPS) is 18.9. The van der Waals surface area contributed by atoms with Crippen molar-refractivity contribution < 1.29 is 56.5 Å². The zero-order valence-electron chi connectivity index (χ0n) is 55.8. The molecule has 4 atom stereocenters. The molecule has 492 valence electrons. The van der Waals surface area contributed by atoms with E-state index in [1.54, 1.807) is 0 Å². The summed E-state index contributed by atoms with van der Waals surface area (Å²) in [5, 5.41) is 84.1. The molecule has 4 aliphatic heterocycles. The standard InChI is InChI=1S/2C43H45N2O3.Hf/c2*1-32-28-33(30-44-26-14-24-39(44)42(47,35-16-6-2-7-17-35)36-18-8-3-9-19-36)41(46)34(29-32)31-45-27-15-25-40(45)43(48,37-20-10-4-11-21-37)38-22-12-5-13-23-38;/h2*2-13,16-23,28-29,39-40,46-47H,14-15,24-27,30-31H2,1H3;/q2*-1;+4/p-2/t2*39-,40-;/m00./s1. The van der Waals surface area contributed by atoms with E-state index in [0.717, 1.165) is 155 Å². The number of rotatable bonds is 20. The molecule has 0 aliphatic carbocycles. The minimum atomic E-state index is -1.46. The molecule has 0 radical (unpaired) electrons. The maximum absolute atomic E-state index is 15.2. The monoisotopic (exact) mass is 1450 g/mol. The molecule has 10 nitrogen and oxygen atoms in total. The number of aryl methyl sites for hydroxylation is 2. The average Bonchev–Trinajstić information content (AvgIpc) is 1.76. The molecule has 4 fully saturated rings. The molecule has 0 saturated carbocycles. The number of aliphatic hydroxyl groups is 2. The maximum Gasteiger partial charge on any atom is 4.00 e. The molecular formula is C86H88HfN4O6. The molecule has 0 bridgehead atoms. The SMILES string of the molecule is Cc1cc(CN2CCC[C@H]2C([O-])(c2ccccc2)c2ccccc2)c([O-])c(CN2CCC[C@H]2C(O)(c2ccccc2)c2ccccc2)c1.Cc1cc(CN2CCC[C@H]2C([O-])(c2ccccc2)c2ccccc2)c([O-])c(CN2CCC[C@H]2C(O)(c2ccccc2)c2ccccc2)c1.[Hf+4]. The molecule has 0 unspecified atom stereocenters. The van der Waals surface area contributed by atoms with E-state index in [1.807, 2.05) is 281 Å². The summed E-state index contributed by atoms with van der Waals surface area (Å²) in [7, 11) is 0. The van der Waals surface area contributed by atoms with Crippen LogP contribution in [0.2, 0.25) is 0 Å². The van der Waals surface area contributed by atoms with Gasteiger partial charge >= 0.3 is 25.8 Å². The van der Waals surface area contributed by atoms with Gasteiger partial charge in [0.1, 0.15) is 11.2 Å². The Kier molecular flexibility index (Phi) is 21.9. The largest absolute Gasteiger partial charge is 4.00 e. The smallest absolute Gasteiger partial charge is 0.872 e. The second kappa shape index (κ2) is 30.6. The van der Waals surface area contributed by atoms with Crippen LogP contribution in [0.4, 0.5) is 0 Å². The fourth-order valence-electron chi connectivity index (χ4n) is 16.8. The topological polar surface area (TPSA) is 146 Å². The number of likely N-dealkylation sites (tertiary alicyclic amines) is 4. The summed E-state index contributed by atoms with van der Waals surface area (Å²) >= 11 is 0. The molecular weight excluding hydrogens is 1360 g/mol. The van der Waals surface area contributed by atoms with Crippen molar-refractivity contribution in [3.8, 4) is 11.5 Å². The van der Waals surface area contributed by atoms with Gasteiger partial charge in [-0.2, -0.15) is 0 Å². The third-order valence-electron chi connectivity index (χ3n) is 21.3. The van der Waals surface area contributed by atoms with Gasteiger partial charge < -0.3 is 30.6 Å². The molecule has 97 heavy (non-hydrogen) atoms. The molecule has 4 saturated heterocycles. The second-order valence-corrected chi connectivity index (χ2v) is 27.3. The molecule has 10 aromatic carbocycles. The number of hydrogen-bond acceptors (Lipinski definition) is 10. The van der Waals surface area contributed by atoms with Gasteiger partial charge in [-0.15, -0.1) is 0 Å². The van der Waals surface area contributed by atoms with Gasteiger partial charge in [-0.3, -0.25) is 19.6 Å². The summed E-state index contributed by atoms with van der Waals surface area (Å²) < 4.78 is 0. The Morgan fingerprint density at radius 1 is 0.309 bits per heavy atom. The van der Waals surface area contributed by atoms with E-state index in [2.05, 4.69) is 19.6 Å². The van der Waals surface area contributed by atoms with Crippen molar-refractivity contribution in [3.63, 3.8) is 0 Å². The van der Waals surface area contributed by atoms with Gasteiger partial charge in [-0.1, -0.05) is 312 Å². The predicted octanol–water partition coefficient (Wildman–Crippen LogP) is 12.5. The van der Waals surface area contributed by atoms with Gasteiger partial charge in [0.2, 0.25) is 0 Å². The first kappa shape index (κ1) is 69.3. The van der Waals surface area contributed by atoms with Crippen molar-refractivity contribution in [1.82, 2.24) is 19.6 Å².